The highest BCUT2D eigenvalue weighted by atomic mass is 127. The van der Waals surface area contributed by atoms with Crippen LogP contribution in [0.5, 0.6) is 0 Å². The van der Waals surface area contributed by atoms with Crippen LogP contribution < -0.4 is 10.2 Å². The van der Waals surface area contributed by atoms with E-state index < -0.39 is 0 Å². The van der Waals surface area contributed by atoms with Gasteiger partial charge in [0, 0.05) is 63.8 Å². The Morgan fingerprint density at radius 1 is 1.33 bits per heavy atom. The summed E-state index contributed by atoms with van der Waals surface area (Å²) < 4.78 is 4.38. The van der Waals surface area contributed by atoms with Crippen molar-refractivity contribution in [1.82, 2.24) is 24.5 Å². The van der Waals surface area contributed by atoms with Crippen molar-refractivity contribution in [2.75, 3.05) is 58.8 Å². The Labute approximate surface area is 166 Å². The number of nitrogens with zero attached hydrogens (tertiary/aromatic N) is 6. The molecule has 1 unspecified atom stereocenters. The number of likely N-dealkylation sites (N-methyl/N-ethyl adjacent to an activating group) is 1. The van der Waals surface area contributed by atoms with Gasteiger partial charge in [0.1, 0.15) is 5.82 Å². The van der Waals surface area contributed by atoms with Crippen LogP contribution in [0.1, 0.15) is 19.7 Å². The largest absolute Gasteiger partial charge is 0.355 e. The van der Waals surface area contributed by atoms with Crippen molar-refractivity contribution >= 4 is 46.6 Å². The Kier molecular flexibility index (Phi) is 9.21. The van der Waals surface area contributed by atoms with Gasteiger partial charge in [0.25, 0.3) is 0 Å². The number of rotatable bonds is 5. The average molecular weight is 467 g/mol. The van der Waals surface area contributed by atoms with E-state index in [1.807, 2.05) is 7.05 Å². The highest BCUT2D eigenvalue weighted by Gasteiger charge is 2.22. The van der Waals surface area contributed by atoms with Gasteiger partial charge in [-0.3, -0.25) is 4.99 Å². The van der Waals surface area contributed by atoms with Gasteiger partial charge in [-0.05, 0) is 21.0 Å². The van der Waals surface area contributed by atoms with E-state index in [9.17, 15) is 0 Å². The van der Waals surface area contributed by atoms with Crippen LogP contribution in [0.4, 0.5) is 5.13 Å². The summed E-state index contributed by atoms with van der Waals surface area (Å²) in [6, 6.07) is 0.474. The van der Waals surface area contributed by atoms with Gasteiger partial charge in [-0.2, -0.15) is 4.37 Å². The summed E-state index contributed by atoms with van der Waals surface area (Å²) in [6.45, 7) is 9.03. The monoisotopic (exact) mass is 467 g/mol. The van der Waals surface area contributed by atoms with Crippen molar-refractivity contribution in [2.24, 2.45) is 4.99 Å². The molecule has 1 saturated heterocycles. The number of halogens is 1. The maximum Gasteiger partial charge on any atom is 0.205 e. The second-order valence-corrected chi connectivity index (χ2v) is 6.79. The lowest BCUT2D eigenvalue weighted by molar-refractivity contribution is 0.305. The molecule has 7 nitrogen and oxygen atoms in total. The molecule has 24 heavy (non-hydrogen) atoms. The number of aryl methyl sites for hydroxylation is 1. The van der Waals surface area contributed by atoms with Crippen LogP contribution in [0.2, 0.25) is 0 Å². The molecule has 1 aromatic heterocycles. The zero-order valence-corrected chi connectivity index (χ0v) is 18.5. The van der Waals surface area contributed by atoms with E-state index in [1.54, 1.807) is 0 Å². The third-order valence-electron chi connectivity index (χ3n) is 4.27. The second-order valence-electron chi connectivity index (χ2n) is 6.06. The highest BCUT2D eigenvalue weighted by Crippen LogP contribution is 2.19. The van der Waals surface area contributed by atoms with Crippen LogP contribution in [-0.2, 0) is 6.42 Å². The molecule has 2 rings (SSSR count). The van der Waals surface area contributed by atoms with E-state index >= 15 is 0 Å². The second kappa shape index (κ2) is 10.3. The first-order chi connectivity index (χ1) is 11.0. The Bertz CT molecular complexity index is 512. The Balaban J connectivity index is 0.00000288. The Hall–Kier alpha value is -0.680. The molecule has 1 aliphatic rings. The summed E-state index contributed by atoms with van der Waals surface area (Å²) in [6.07, 6.45) is 0.900. The number of aliphatic imine (C=N–C) groups is 1. The van der Waals surface area contributed by atoms with Gasteiger partial charge >= 0.3 is 0 Å². The Morgan fingerprint density at radius 3 is 2.50 bits per heavy atom. The first kappa shape index (κ1) is 21.4. The third-order valence-corrected chi connectivity index (χ3v) is 5.09. The maximum absolute atomic E-state index is 4.58. The summed E-state index contributed by atoms with van der Waals surface area (Å²) in [5.41, 5.74) is 0. The van der Waals surface area contributed by atoms with Crippen molar-refractivity contribution in [1.29, 1.82) is 0 Å². The summed E-state index contributed by atoms with van der Waals surface area (Å²) in [5, 5.41) is 4.53. The highest BCUT2D eigenvalue weighted by molar-refractivity contribution is 14.0. The predicted octanol–water partition coefficient (Wildman–Crippen LogP) is 1.37. The molecular formula is C15H30IN7S. The van der Waals surface area contributed by atoms with Gasteiger partial charge < -0.3 is 20.0 Å². The van der Waals surface area contributed by atoms with Crippen molar-refractivity contribution in [3.8, 4) is 0 Å². The van der Waals surface area contributed by atoms with E-state index in [1.165, 1.54) is 11.5 Å². The molecule has 1 fully saturated rings. The van der Waals surface area contributed by atoms with E-state index in [-0.39, 0.29) is 24.0 Å². The lowest BCUT2D eigenvalue weighted by Crippen LogP contribution is -2.54. The van der Waals surface area contributed by atoms with Gasteiger partial charge in [0.2, 0.25) is 5.13 Å². The van der Waals surface area contributed by atoms with Crippen LogP contribution >= 0.6 is 35.5 Å². The minimum Gasteiger partial charge on any atom is -0.355 e. The van der Waals surface area contributed by atoms with Gasteiger partial charge in [-0.25, -0.2) is 4.98 Å². The smallest absolute Gasteiger partial charge is 0.205 e. The number of hydrogen-bond donors (Lipinski definition) is 1. The molecular weight excluding hydrogens is 437 g/mol. The Morgan fingerprint density at radius 2 is 2.00 bits per heavy atom. The molecule has 0 aromatic carbocycles. The molecule has 1 aliphatic heterocycles. The van der Waals surface area contributed by atoms with Crippen LogP contribution in [0.3, 0.4) is 0 Å². The van der Waals surface area contributed by atoms with Crippen molar-refractivity contribution in [2.45, 2.75) is 26.3 Å². The van der Waals surface area contributed by atoms with E-state index in [2.05, 4.69) is 62.3 Å². The first-order valence-corrected chi connectivity index (χ1v) is 9.02. The van der Waals surface area contributed by atoms with Crippen molar-refractivity contribution in [3.63, 3.8) is 0 Å². The number of nitrogens with one attached hydrogen (secondary N) is 1. The van der Waals surface area contributed by atoms with Gasteiger partial charge in [-0.1, -0.05) is 6.92 Å². The number of hydrogen-bond acceptors (Lipinski definition) is 6. The van der Waals surface area contributed by atoms with Crippen molar-refractivity contribution < 1.29 is 0 Å². The molecule has 0 bridgehead atoms. The SMILES string of the molecule is CCc1nsc(N2CCN(C(=NC)NCC(C)N(C)C)CC2)n1.I. The van der Waals surface area contributed by atoms with Gasteiger partial charge in [0.05, 0.1) is 0 Å². The molecule has 0 spiro atoms. The molecule has 0 radical (unpaired) electrons. The number of piperazine rings is 1. The van der Waals surface area contributed by atoms with E-state index in [0.29, 0.717) is 6.04 Å². The molecule has 1 aromatic rings. The predicted molar refractivity (Wildman–Crippen MR) is 113 cm³/mol. The lowest BCUT2D eigenvalue weighted by Gasteiger charge is -2.36. The molecule has 0 aliphatic carbocycles. The quantitative estimate of drug-likeness (QED) is 0.401. The fraction of sp³-hybridized carbons (Fsp3) is 0.800. The number of guanidine groups is 1. The van der Waals surface area contributed by atoms with Crippen LogP contribution in [0.25, 0.3) is 0 Å². The standard InChI is InChI=1S/C15H29N7S.HI/c1-6-13-18-15(23-19-13)22-9-7-21(8-10-22)14(16-3)17-11-12(2)20(4)5;/h12H,6-11H2,1-5H3,(H,16,17);1H. The summed E-state index contributed by atoms with van der Waals surface area (Å²) in [5.74, 6) is 1.94. The van der Waals surface area contributed by atoms with Crippen LogP contribution in [0, 0.1) is 0 Å². The fourth-order valence-corrected chi connectivity index (χ4v) is 3.18. The zero-order valence-electron chi connectivity index (χ0n) is 15.3. The van der Waals surface area contributed by atoms with Crippen LogP contribution in [0.15, 0.2) is 4.99 Å². The van der Waals surface area contributed by atoms with Gasteiger partial charge in [0.15, 0.2) is 5.96 Å². The molecule has 138 valence electrons. The molecule has 1 N–H and O–H groups in total. The van der Waals surface area contributed by atoms with E-state index in [4.69, 9.17) is 0 Å². The topological polar surface area (TPSA) is 59.9 Å². The summed E-state index contributed by atoms with van der Waals surface area (Å²) >= 11 is 1.51. The minimum absolute atomic E-state index is 0. The number of anilines is 1. The summed E-state index contributed by atoms with van der Waals surface area (Å²) in [7, 11) is 6.05. The third kappa shape index (κ3) is 5.69. The molecule has 1 atom stereocenters. The zero-order chi connectivity index (χ0) is 16.8. The normalized spacial score (nSPS) is 17.0. The number of aromatic nitrogens is 2. The molecule has 0 amide bonds. The molecule has 0 saturated carbocycles. The van der Waals surface area contributed by atoms with Gasteiger partial charge in [-0.15, -0.1) is 24.0 Å². The molecule has 2 heterocycles. The fourth-order valence-electron chi connectivity index (χ4n) is 2.38. The lowest BCUT2D eigenvalue weighted by atomic mass is 10.3. The maximum atomic E-state index is 4.58. The summed E-state index contributed by atoms with van der Waals surface area (Å²) in [4.78, 5) is 15.9. The first-order valence-electron chi connectivity index (χ1n) is 8.24. The van der Waals surface area contributed by atoms with Crippen molar-refractivity contribution in [3.05, 3.63) is 5.82 Å². The minimum atomic E-state index is 0. The average Bonchev–Trinajstić information content (AvgIpc) is 3.04. The molecule has 9 heteroatoms. The van der Waals surface area contributed by atoms with E-state index in [0.717, 1.165) is 56.1 Å². The van der Waals surface area contributed by atoms with Crippen LogP contribution in [-0.4, -0.2) is 85.0 Å².